The lowest BCUT2D eigenvalue weighted by atomic mass is 10.0. The van der Waals surface area contributed by atoms with E-state index in [0.717, 1.165) is 4.90 Å². The van der Waals surface area contributed by atoms with E-state index in [4.69, 9.17) is 5.73 Å². The van der Waals surface area contributed by atoms with E-state index in [1.807, 2.05) is 0 Å². The Labute approximate surface area is 107 Å². The molecule has 1 rings (SSSR count). The molecule has 0 aliphatic heterocycles. The minimum absolute atomic E-state index is 0.273. The highest BCUT2D eigenvalue weighted by atomic mass is 32.2. The summed E-state index contributed by atoms with van der Waals surface area (Å²) >= 11 is 1.64. The summed E-state index contributed by atoms with van der Waals surface area (Å²) in [4.78, 5) is 12.2. The van der Waals surface area contributed by atoms with Crippen molar-refractivity contribution in [3.05, 3.63) is 29.8 Å². The molecule has 0 aromatic heterocycles. The third-order valence-electron chi connectivity index (χ3n) is 2.66. The number of amides is 1. The molecular formula is C13H20N2OS. The van der Waals surface area contributed by atoms with Crippen LogP contribution in [0.25, 0.3) is 0 Å². The van der Waals surface area contributed by atoms with Crippen molar-refractivity contribution in [3.63, 3.8) is 0 Å². The Morgan fingerprint density at radius 2 is 1.94 bits per heavy atom. The van der Waals surface area contributed by atoms with E-state index < -0.39 is 0 Å². The van der Waals surface area contributed by atoms with Crippen molar-refractivity contribution in [3.8, 4) is 0 Å². The first-order valence-corrected chi connectivity index (χ1v) is 6.72. The highest BCUT2D eigenvalue weighted by Crippen LogP contribution is 2.22. The van der Waals surface area contributed by atoms with Crippen molar-refractivity contribution in [2.45, 2.75) is 30.7 Å². The molecule has 0 heterocycles. The van der Waals surface area contributed by atoms with Crippen LogP contribution in [0.4, 0.5) is 0 Å². The second-order valence-corrected chi connectivity index (χ2v) is 5.37. The molecule has 3 N–H and O–H groups in total. The Bertz CT molecular complexity index is 362. The summed E-state index contributed by atoms with van der Waals surface area (Å²) in [6.45, 7) is 4.35. The summed E-state index contributed by atoms with van der Waals surface area (Å²) in [5, 5.41) is 2.91. The zero-order valence-corrected chi connectivity index (χ0v) is 11.4. The first kappa shape index (κ1) is 14.1. The van der Waals surface area contributed by atoms with E-state index >= 15 is 0 Å². The summed E-state index contributed by atoms with van der Waals surface area (Å²) in [6.07, 6.45) is 0. The molecule has 0 aliphatic rings. The van der Waals surface area contributed by atoms with Crippen LogP contribution in [0.3, 0.4) is 0 Å². The molecule has 0 aliphatic carbocycles. The molecule has 4 heteroatoms. The van der Waals surface area contributed by atoms with Gasteiger partial charge in [-0.05, 0) is 30.7 Å². The van der Waals surface area contributed by atoms with Crippen LogP contribution in [0.5, 0.6) is 0 Å². The van der Waals surface area contributed by atoms with E-state index in [2.05, 4.69) is 43.4 Å². The number of likely N-dealkylation sites (N-methyl/N-ethyl adjacent to an activating group) is 1. The van der Waals surface area contributed by atoms with E-state index in [0.29, 0.717) is 11.7 Å². The van der Waals surface area contributed by atoms with Gasteiger partial charge in [-0.3, -0.25) is 4.79 Å². The first-order valence-electron chi connectivity index (χ1n) is 5.74. The van der Waals surface area contributed by atoms with Gasteiger partial charge in [0.05, 0.1) is 6.04 Å². The minimum atomic E-state index is -0.307. The fraction of sp³-hybridized carbons (Fsp3) is 0.462. The lowest BCUT2D eigenvalue weighted by molar-refractivity contribution is -0.119. The Morgan fingerprint density at radius 1 is 1.35 bits per heavy atom. The van der Waals surface area contributed by atoms with Gasteiger partial charge < -0.3 is 11.1 Å². The van der Waals surface area contributed by atoms with Crippen molar-refractivity contribution in [2.24, 2.45) is 5.73 Å². The number of nitrogens with two attached hydrogens (primary N) is 1. The molecule has 0 saturated carbocycles. The van der Waals surface area contributed by atoms with Crippen molar-refractivity contribution in [1.82, 2.24) is 5.32 Å². The summed E-state index contributed by atoms with van der Waals surface area (Å²) in [7, 11) is 1.75. The average molecular weight is 252 g/mol. The van der Waals surface area contributed by atoms with Gasteiger partial charge in [-0.2, -0.15) is 0 Å². The molecule has 0 spiro atoms. The van der Waals surface area contributed by atoms with Gasteiger partial charge in [0.2, 0.25) is 5.91 Å². The highest BCUT2D eigenvalue weighted by molar-refractivity contribution is 7.99. The number of hydrogen-bond acceptors (Lipinski definition) is 3. The molecule has 17 heavy (non-hydrogen) atoms. The average Bonchev–Trinajstić information content (AvgIpc) is 2.30. The lowest BCUT2D eigenvalue weighted by Gasteiger charge is -2.12. The largest absolute Gasteiger partial charge is 0.368 e. The number of carbonyl (C=O) groups is 1. The molecule has 0 radical (unpaired) electrons. The second kappa shape index (κ2) is 6.67. The summed E-state index contributed by atoms with van der Waals surface area (Å²) < 4.78 is 0. The van der Waals surface area contributed by atoms with E-state index in [-0.39, 0.29) is 11.9 Å². The normalized spacial score (nSPS) is 12.7. The highest BCUT2D eigenvalue weighted by Gasteiger charge is 2.12. The first-order chi connectivity index (χ1) is 8.04. The Kier molecular flexibility index (Phi) is 5.51. The molecule has 0 bridgehead atoms. The van der Waals surface area contributed by atoms with Gasteiger partial charge in [0.25, 0.3) is 0 Å². The third kappa shape index (κ3) is 4.40. The van der Waals surface area contributed by atoms with Crippen LogP contribution in [0, 0.1) is 0 Å². The van der Waals surface area contributed by atoms with Gasteiger partial charge in [-0.15, -0.1) is 11.8 Å². The van der Waals surface area contributed by atoms with Crippen molar-refractivity contribution < 1.29 is 4.79 Å². The molecule has 3 nitrogen and oxygen atoms in total. The fourth-order valence-electron chi connectivity index (χ4n) is 1.44. The standard InChI is InChI=1S/C13H20N2OS/c1-9(2)10-4-6-11(7-5-10)17-8-12(15-3)13(14)16/h4-7,9,12,15H,8H2,1-3H3,(H2,14,16). The van der Waals surface area contributed by atoms with Crippen LogP contribution in [-0.2, 0) is 4.79 Å². The summed E-state index contributed by atoms with van der Waals surface area (Å²) in [6, 6.07) is 8.17. The quantitative estimate of drug-likeness (QED) is 0.761. The molecule has 0 fully saturated rings. The Morgan fingerprint density at radius 3 is 2.35 bits per heavy atom. The molecule has 1 aromatic carbocycles. The summed E-state index contributed by atoms with van der Waals surface area (Å²) in [5.41, 5.74) is 6.59. The van der Waals surface area contributed by atoms with E-state index in [9.17, 15) is 4.79 Å². The monoisotopic (exact) mass is 252 g/mol. The summed E-state index contributed by atoms with van der Waals surface area (Å²) in [5.74, 6) is 0.899. The number of benzene rings is 1. The maximum absolute atomic E-state index is 11.0. The predicted octanol–water partition coefficient (Wildman–Crippen LogP) is 1.98. The van der Waals surface area contributed by atoms with Crippen LogP contribution in [0.15, 0.2) is 29.2 Å². The smallest absolute Gasteiger partial charge is 0.235 e. The third-order valence-corrected chi connectivity index (χ3v) is 3.76. The Balaban J connectivity index is 2.55. The fourth-order valence-corrected chi connectivity index (χ4v) is 2.45. The number of hydrogen-bond donors (Lipinski definition) is 2. The number of thioether (sulfide) groups is 1. The van der Waals surface area contributed by atoms with Gasteiger partial charge in [0, 0.05) is 10.6 Å². The Hall–Kier alpha value is -1.00. The number of rotatable bonds is 6. The number of carbonyl (C=O) groups excluding carboxylic acids is 1. The molecule has 1 aromatic rings. The van der Waals surface area contributed by atoms with E-state index in [1.165, 1.54) is 5.56 Å². The SMILES string of the molecule is CNC(CSc1ccc(C(C)C)cc1)C(N)=O. The van der Waals surface area contributed by atoms with Crippen LogP contribution in [0.2, 0.25) is 0 Å². The van der Waals surface area contributed by atoms with Gasteiger partial charge in [0.1, 0.15) is 0 Å². The van der Waals surface area contributed by atoms with Crippen LogP contribution in [0.1, 0.15) is 25.3 Å². The molecule has 1 atom stereocenters. The van der Waals surface area contributed by atoms with Crippen LogP contribution >= 0.6 is 11.8 Å². The molecular weight excluding hydrogens is 232 g/mol. The molecule has 0 saturated heterocycles. The van der Waals surface area contributed by atoms with Crippen LogP contribution in [-0.4, -0.2) is 24.7 Å². The molecule has 1 amide bonds. The van der Waals surface area contributed by atoms with Gasteiger partial charge in [-0.1, -0.05) is 26.0 Å². The van der Waals surface area contributed by atoms with Gasteiger partial charge in [0.15, 0.2) is 0 Å². The molecule has 1 unspecified atom stereocenters. The lowest BCUT2D eigenvalue weighted by Crippen LogP contribution is -2.41. The number of nitrogens with one attached hydrogen (secondary N) is 1. The van der Waals surface area contributed by atoms with Gasteiger partial charge in [-0.25, -0.2) is 0 Å². The maximum atomic E-state index is 11.0. The van der Waals surface area contributed by atoms with Crippen LogP contribution < -0.4 is 11.1 Å². The van der Waals surface area contributed by atoms with Gasteiger partial charge >= 0.3 is 0 Å². The minimum Gasteiger partial charge on any atom is -0.368 e. The van der Waals surface area contributed by atoms with Crippen molar-refractivity contribution in [2.75, 3.05) is 12.8 Å². The van der Waals surface area contributed by atoms with E-state index in [1.54, 1.807) is 18.8 Å². The van der Waals surface area contributed by atoms with Crippen molar-refractivity contribution in [1.29, 1.82) is 0 Å². The maximum Gasteiger partial charge on any atom is 0.235 e. The van der Waals surface area contributed by atoms with Crippen molar-refractivity contribution >= 4 is 17.7 Å². The topological polar surface area (TPSA) is 55.1 Å². The number of primary amides is 1. The zero-order valence-electron chi connectivity index (χ0n) is 10.6. The zero-order chi connectivity index (χ0) is 12.8. The molecule has 94 valence electrons. The predicted molar refractivity (Wildman–Crippen MR) is 73.3 cm³/mol. The second-order valence-electron chi connectivity index (χ2n) is 4.28.